The Balaban J connectivity index is 2.45. The molecule has 0 aliphatic heterocycles. The zero-order chi connectivity index (χ0) is 13.1. The molecule has 0 saturated carbocycles. The van der Waals surface area contributed by atoms with Gasteiger partial charge in [-0.2, -0.15) is 0 Å². The highest BCUT2D eigenvalue weighted by molar-refractivity contribution is 5.93. The van der Waals surface area contributed by atoms with Gasteiger partial charge in [0.15, 0.2) is 0 Å². The quantitative estimate of drug-likeness (QED) is 0.839. The van der Waals surface area contributed by atoms with Crippen LogP contribution in [-0.4, -0.2) is 24.5 Å². The molecular formula is C15H17NO2. The Morgan fingerprint density at radius 1 is 1.28 bits per heavy atom. The van der Waals surface area contributed by atoms with E-state index in [1.54, 1.807) is 0 Å². The lowest BCUT2D eigenvalue weighted by Crippen LogP contribution is -2.29. The van der Waals surface area contributed by atoms with E-state index in [0.717, 1.165) is 22.7 Å². The SMILES string of the molecule is CC(CC=O)N(C)c1ccc2ccccc2c1O. The summed E-state index contributed by atoms with van der Waals surface area (Å²) < 4.78 is 0. The number of aromatic hydroxyl groups is 1. The van der Waals surface area contributed by atoms with E-state index in [0.29, 0.717) is 6.42 Å². The molecule has 0 heterocycles. The zero-order valence-corrected chi connectivity index (χ0v) is 10.6. The van der Waals surface area contributed by atoms with E-state index in [9.17, 15) is 9.90 Å². The average molecular weight is 243 g/mol. The Kier molecular flexibility index (Phi) is 3.51. The molecule has 94 valence electrons. The van der Waals surface area contributed by atoms with Crippen molar-refractivity contribution >= 4 is 22.7 Å². The predicted octanol–water partition coefficient (Wildman–Crippen LogP) is 2.96. The van der Waals surface area contributed by atoms with Gasteiger partial charge in [0, 0.05) is 24.9 Å². The molecule has 3 heteroatoms. The number of anilines is 1. The number of carbonyl (C=O) groups excluding carboxylic acids is 1. The van der Waals surface area contributed by atoms with Crippen LogP contribution in [0.1, 0.15) is 13.3 Å². The van der Waals surface area contributed by atoms with E-state index in [-0.39, 0.29) is 11.8 Å². The maximum Gasteiger partial charge on any atom is 0.146 e. The Labute approximate surface area is 107 Å². The monoisotopic (exact) mass is 243 g/mol. The molecule has 2 aromatic rings. The second kappa shape index (κ2) is 5.08. The second-order valence-electron chi connectivity index (χ2n) is 4.52. The van der Waals surface area contributed by atoms with Gasteiger partial charge in [0.05, 0.1) is 5.69 Å². The van der Waals surface area contributed by atoms with E-state index in [1.165, 1.54) is 0 Å². The molecule has 0 aromatic heterocycles. The van der Waals surface area contributed by atoms with Crippen LogP contribution in [0.5, 0.6) is 5.75 Å². The van der Waals surface area contributed by atoms with Gasteiger partial charge >= 0.3 is 0 Å². The fourth-order valence-corrected chi connectivity index (χ4v) is 2.06. The van der Waals surface area contributed by atoms with Gasteiger partial charge < -0.3 is 14.8 Å². The fraction of sp³-hybridized carbons (Fsp3) is 0.267. The largest absolute Gasteiger partial charge is 0.505 e. The molecule has 1 N–H and O–H groups in total. The molecule has 1 unspecified atom stereocenters. The molecule has 0 amide bonds. The summed E-state index contributed by atoms with van der Waals surface area (Å²) in [6.07, 6.45) is 1.35. The summed E-state index contributed by atoms with van der Waals surface area (Å²) in [5, 5.41) is 12.1. The van der Waals surface area contributed by atoms with Gasteiger partial charge in [-0.3, -0.25) is 0 Å². The minimum absolute atomic E-state index is 0.0644. The number of fused-ring (bicyclic) bond motifs is 1. The second-order valence-corrected chi connectivity index (χ2v) is 4.52. The van der Waals surface area contributed by atoms with Crippen LogP contribution in [0.25, 0.3) is 10.8 Å². The number of hydrogen-bond donors (Lipinski definition) is 1. The lowest BCUT2D eigenvalue weighted by Gasteiger charge is -2.26. The first kappa shape index (κ1) is 12.4. The van der Waals surface area contributed by atoms with Gasteiger partial charge in [0.2, 0.25) is 0 Å². The minimum Gasteiger partial charge on any atom is -0.505 e. The predicted molar refractivity (Wildman–Crippen MR) is 74.2 cm³/mol. The number of phenolic OH excluding ortho intramolecular Hbond substituents is 1. The Bertz CT molecular complexity index is 565. The molecule has 0 fully saturated rings. The van der Waals surface area contributed by atoms with Crippen LogP contribution in [0.4, 0.5) is 5.69 Å². The molecule has 3 nitrogen and oxygen atoms in total. The number of benzene rings is 2. The maximum atomic E-state index is 10.6. The van der Waals surface area contributed by atoms with Crippen molar-refractivity contribution in [2.45, 2.75) is 19.4 Å². The standard InChI is InChI=1S/C15H17NO2/c1-11(9-10-17)16(2)14-8-7-12-5-3-4-6-13(12)15(14)18/h3-8,10-11,18H,9H2,1-2H3. The van der Waals surface area contributed by atoms with E-state index in [2.05, 4.69) is 0 Å². The van der Waals surface area contributed by atoms with Gasteiger partial charge in [0.25, 0.3) is 0 Å². The number of nitrogens with zero attached hydrogens (tertiary/aromatic N) is 1. The van der Waals surface area contributed by atoms with E-state index < -0.39 is 0 Å². The van der Waals surface area contributed by atoms with Gasteiger partial charge in [-0.25, -0.2) is 0 Å². The molecule has 0 aliphatic rings. The summed E-state index contributed by atoms with van der Waals surface area (Å²) in [5.74, 6) is 0.272. The van der Waals surface area contributed by atoms with Gasteiger partial charge in [-0.1, -0.05) is 30.3 Å². The first-order chi connectivity index (χ1) is 8.65. The highest BCUT2D eigenvalue weighted by Crippen LogP contribution is 2.35. The number of aldehydes is 1. The van der Waals surface area contributed by atoms with Crippen LogP contribution in [0.15, 0.2) is 36.4 Å². The topological polar surface area (TPSA) is 40.5 Å². The molecule has 2 aromatic carbocycles. The zero-order valence-electron chi connectivity index (χ0n) is 10.6. The van der Waals surface area contributed by atoms with Crippen molar-refractivity contribution in [1.82, 2.24) is 0 Å². The first-order valence-electron chi connectivity index (χ1n) is 6.02. The number of hydrogen-bond acceptors (Lipinski definition) is 3. The molecule has 0 spiro atoms. The number of phenols is 1. The summed E-state index contributed by atoms with van der Waals surface area (Å²) in [6.45, 7) is 1.96. The summed E-state index contributed by atoms with van der Waals surface area (Å²) in [7, 11) is 1.89. The van der Waals surface area contributed by atoms with Crippen molar-refractivity contribution in [2.24, 2.45) is 0 Å². The number of rotatable bonds is 4. The van der Waals surface area contributed by atoms with Gasteiger partial charge in [-0.05, 0) is 18.4 Å². The van der Waals surface area contributed by atoms with Crippen molar-refractivity contribution in [3.05, 3.63) is 36.4 Å². The maximum absolute atomic E-state index is 10.6. The third-order valence-corrected chi connectivity index (χ3v) is 3.36. The fourth-order valence-electron chi connectivity index (χ4n) is 2.06. The van der Waals surface area contributed by atoms with Crippen molar-refractivity contribution in [2.75, 3.05) is 11.9 Å². The molecular weight excluding hydrogens is 226 g/mol. The van der Waals surface area contributed by atoms with Crippen LogP contribution < -0.4 is 4.90 Å². The Hall–Kier alpha value is -2.03. The molecule has 0 radical (unpaired) electrons. The van der Waals surface area contributed by atoms with Crippen LogP contribution in [0.3, 0.4) is 0 Å². The first-order valence-corrected chi connectivity index (χ1v) is 6.02. The lowest BCUT2D eigenvalue weighted by molar-refractivity contribution is -0.108. The Morgan fingerprint density at radius 2 is 2.00 bits per heavy atom. The summed E-state index contributed by atoms with van der Waals surface area (Å²) >= 11 is 0. The summed E-state index contributed by atoms with van der Waals surface area (Å²) in [5.41, 5.74) is 0.753. The Morgan fingerprint density at radius 3 is 2.72 bits per heavy atom. The van der Waals surface area contributed by atoms with Crippen LogP contribution in [-0.2, 0) is 4.79 Å². The van der Waals surface area contributed by atoms with E-state index in [4.69, 9.17) is 0 Å². The number of carbonyl (C=O) groups is 1. The van der Waals surface area contributed by atoms with Crippen LogP contribution >= 0.6 is 0 Å². The highest BCUT2D eigenvalue weighted by Gasteiger charge is 2.14. The minimum atomic E-state index is 0.0644. The van der Waals surface area contributed by atoms with Crippen LogP contribution in [0, 0.1) is 0 Å². The summed E-state index contributed by atoms with van der Waals surface area (Å²) in [4.78, 5) is 12.5. The van der Waals surface area contributed by atoms with Crippen molar-refractivity contribution in [1.29, 1.82) is 0 Å². The van der Waals surface area contributed by atoms with Crippen LogP contribution in [0.2, 0.25) is 0 Å². The molecule has 18 heavy (non-hydrogen) atoms. The van der Waals surface area contributed by atoms with E-state index in [1.807, 2.05) is 55.3 Å². The normalized spacial score (nSPS) is 12.3. The van der Waals surface area contributed by atoms with Gasteiger partial charge in [0.1, 0.15) is 12.0 Å². The average Bonchev–Trinajstić information content (AvgIpc) is 2.39. The molecule has 0 bridgehead atoms. The highest BCUT2D eigenvalue weighted by atomic mass is 16.3. The molecule has 1 atom stereocenters. The van der Waals surface area contributed by atoms with Crippen molar-refractivity contribution < 1.29 is 9.90 Å². The van der Waals surface area contributed by atoms with Crippen molar-refractivity contribution in [3.63, 3.8) is 0 Å². The smallest absolute Gasteiger partial charge is 0.146 e. The molecule has 0 aliphatic carbocycles. The van der Waals surface area contributed by atoms with Crippen molar-refractivity contribution in [3.8, 4) is 5.75 Å². The van der Waals surface area contributed by atoms with Gasteiger partial charge in [-0.15, -0.1) is 0 Å². The molecule has 0 saturated heterocycles. The summed E-state index contributed by atoms with van der Waals surface area (Å²) in [6, 6.07) is 11.6. The lowest BCUT2D eigenvalue weighted by atomic mass is 10.1. The van der Waals surface area contributed by atoms with E-state index >= 15 is 0 Å². The third kappa shape index (κ3) is 2.16. The molecule has 2 rings (SSSR count). The third-order valence-electron chi connectivity index (χ3n) is 3.36.